The van der Waals surface area contributed by atoms with Gasteiger partial charge >= 0.3 is 17.9 Å². The van der Waals surface area contributed by atoms with Crippen LogP contribution in [0.3, 0.4) is 0 Å². The first-order chi connectivity index (χ1) is 13.8. The molecule has 0 aliphatic heterocycles. The fourth-order valence-electron chi connectivity index (χ4n) is 2.41. The van der Waals surface area contributed by atoms with Gasteiger partial charge in [-0.25, -0.2) is 14.4 Å². The summed E-state index contributed by atoms with van der Waals surface area (Å²) in [6.07, 6.45) is 0.750. The lowest BCUT2D eigenvalue weighted by Gasteiger charge is -2.12. The van der Waals surface area contributed by atoms with Gasteiger partial charge in [-0.05, 0) is 42.9 Å². The molecule has 0 aliphatic rings. The maximum absolute atomic E-state index is 12.0. The number of thiocarbonyl (C=S) groups is 1. The Morgan fingerprint density at radius 1 is 0.897 bits per heavy atom. The van der Waals surface area contributed by atoms with E-state index >= 15 is 0 Å². The van der Waals surface area contributed by atoms with Crippen LogP contribution in [0.15, 0.2) is 24.3 Å². The van der Waals surface area contributed by atoms with Gasteiger partial charge in [-0.15, -0.1) is 11.3 Å². The van der Waals surface area contributed by atoms with E-state index in [0.717, 1.165) is 11.3 Å². The highest BCUT2D eigenvalue weighted by atomic mass is 32.1. The second-order valence-electron chi connectivity index (χ2n) is 5.66. The second kappa shape index (κ2) is 9.99. The molecule has 1 aromatic carbocycles. The summed E-state index contributed by atoms with van der Waals surface area (Å²) in [7, 11) is 3.78. The normalized spacial score (nSPS) is 10.1. The van der Waals surface area contributed by atoms with Crippen molar-refractivity contribution in [3.63, 3.8) is 0 Å². The van der Waals surface area contributed by atoms with E-state index in [0.29, 0.717) is 16.3 Å². The number of nitrogens with one attached hydrogen (secondary N) is 2. The lowest BCUT2D eigenvalue weighted by atomic mass is 10.1. The van der Waals surface area contributed by atoms with E-state index < -0.39 is 17.9 Å². The van der Waals surface area contributed by atoms with Gasteiger partial charge in [0.1, 0.15) is 5.00 Å². The molecule has 0 saturated carbocycles. The van der Waals surface area contributed by atoms with E-state index in [-0.39, 0.29) is 16.2 Å². The van der Waals surface area contributed by atoms with E-state index in [9.17, 15) is 14.4 Å². The maximum Gasteiger partial charge on any atom is 0.340 e. The average Bonchev–Trinajstić information content (AvgIpc) is 3.14. The SMILES string of the molecule is CCc1cc(C(=O)OC)c(NC(=S)Nc2cc(C(=O)OC)cc(C(=O)OC)c2)s1. The van der Waals surface area contributed by atoms with Crippen LogP contribution in [0.2, 0.25) is 0 Å². The van der Waals surface area contributed by atoms with Crippen molar-refractivity contribution in [1.82, 2.24) is 0 Å². The standard InChI is InChI=1S/C19H20N2O6S2/c1-5-13-9-14(18(24)27-4)15(29-13)21-19(28)20-12-7-10(16(22)25-2)6-11(8-12)17(23)26-3/h6-9H,5H2,1-4H3,(H2,20,21,28). The maximum atomic E-state index is 12.0. The molecule has 0 fully saturated rings. The van der Waals surface area contributed by atoms with E-state index in [1.54, 1.807) is 6.07 Å². The largest absolute Gasteiger partial charge is 0.465 e. The van der Waals surface area contributed by atoms with Crippen LogP contribution in [-0.4, -0.2) is 44.3 Å². The van der Waals surface area contributed by atoms with Gasteiger partial charge in [0.2, 0.25) is 0 Å². The zero-order valence-electron chi connectivity index (χ0n) is 16.3. The van der Waals surface area contributed by atoms with Crippen molar-refractivity contribution in [1.29, 1.82) is 0 Å². The third-order valence-corrected chi connectivity index (χ3v) is 5.20. The van der Waals surface area contributed by atoms with E-state index in [4.69, 9.17) is 26.4 Å². The Bertz CT molecular complexity index is 920. The highest BCUT2D eigenvalue weighted by Gasteiger charge is 2.18. The van der Waals surface area contributed by atoms with Crippen molar-refractivity contribution in [2.24, 2.45) is 0 Å². The summed E-state index contributed by atoms with van der Waals surface area (Å²) in [5.74, 6) is -1.71. The van der Waals surface area contributed by atoms with Crippen molar-refractivity contribution in [3.8, 4) is 0 Å². The third kappa shape index (κ3) is 5.52. The number of thiophene rings is 1. The first-order valence-electron chi connectivity index (χ1n) is 8.43. The molecular formula is C19H20N2O6S2. The summed E-state index contributed by atoms with van der Waals surface area (Å²) >= 11 is 6.70. The lowest BCUT2D eigenvalue weighted by Crippen LogP contribution is -2.20. The number of rotatable bonds is 6. The molecule has 0 saturated heterocycles. The van der Waals surface area contributed by atoms with Gasteiger partial charge in [0, 0.05) is 10.6 Å². The van der Waals surface area contributed by atoms with Crippen LogP contribution in [0.25, 0.3) is 0 Å². The third-order valence-electron chi connectivity index (χ3n) is 3.80. The van der Waals surface area contributed by atoms with Gasteiger partial charge in [0.25, 0.3) is 0 Å². The number of anilines is 2. The first-order valence-corrected chi connectivity index (χ1v) is 9.66. The predicted molar refractivity (Wildman–Crippen MR) is 114 cm³/mol. The zero-order chi connectivity index (χ0) is 21.6. The monoisotopic (exact) mass is 436 g/mol. The fraction of sp³-hybridized carbons (Fsp3) is 0.263. The molecule has 0 amide bonds. The van der Waals surface area contributed by atoms with Gasteiger partial charge in [0.05, 0.1) is 38.0 Å². The number of carbonyl (C=O) groups is 3. The van der Waals surface area contributed by atoms with Crippen LogP contribution in [0, 0.1) is 0 Å². The molecule has 1 heterocycles. The highest BCUT2D eigenvalue weighted by Crippen LogP contribution is 2.29. The Balaban J connectivity index is 2.29. The molecule has 2 rings (SSSR count). The van der Waals surface area contributed by atoms with Crippen LogP contribution in [0.4, 0.5) is 10.7 Å². The second-order valence-corrected chi connectivity index (χ2v) is 7.21. The minimum atomic E-state index is -0.614. The molecular weight excluding hydrogens is 416 g/mol. The van der Waals surface area contributed by atoms with Crippen molar-refractivity contribution in [3.05, 3.63) is 45.8 Å². The molecule has 0 unspecified atom stereocenters. The summed E-state index contributed by atoms with van der Waals surface area (Å²) in [6, 6.07) is 6.08. The number of ether oxygens (including phenoxy) is 3. The summed E-state index contributed by atoms with van der Waals surface area (Å²) in [4.78, 5) is 36.8. The molecule has 0 aliphatic carbocycles. The minimum absolute atomic E-state index is 0.153. The lowest BCUT2D eigenvalue weighted by molar-refractivity contribution is 0.0588. The summed E-state index contributed by atoms with van der Waals surface area (Å²) in [6.45, 7) is 1.97. The molecule has 154 valence electrons. The first kappa shape index (κ1) is 22.3. The molecule has 29 heavy (non-hydrogen) atoms. The van der Waals surface area contributed by atoms with Gasteiger partial charge < -0.3 is 24.8 Å². The molecule has 1 aromatic heterocycles. The van der Waals surface area contributed by atoms with E-state index in [2.05, 4.69) is 10.6 Å². The van der Waals surface area contributed by atoms with Gasteiger partial charge in [-0.2, -0.15) is 0 Å². The van der Waals surface area contributed by atoms with Crippen LogP contribution < -0.4 is 10.6 Å². The number of hydrogen-bond acceptors (Lipinski definition) is 8. The quantitative estimate of drug-likeness (QED) is 0.400. The number of aryl methyl sites for hydroxylation is 1. The molecule has 8 nitrogen and oxygen atoms in total. The Kier molecular flexibility index (Phi) is 7.68. The molecule has 2 aromatic rings. The highest BCUT2D eigenvalue weighted by molar-refractivity contribution is 7.80. The summed E-state index contributed by atoms with van der Waals surface area (Å²) < 4.78 is 14.2. The fourth-order valence-corrected chi connectivity index (χ4v) is 3.68. The molecule has 10 heteroatoms. The van der Waals surface area contributed by atoms with E-state index in [1.807, 2.05) is 6.92 Å². The number of hydrogen-bond donors (Lipinski definition) is 2. The Hall–Kier alpha value is -2.98. The Morgan fingerprint density at radius 2 is 1.45 bits per heavy atom. The van der Waals surface area contributed by atoms with Gasteiger partial charge in [0.15, 0.2) is 5.11 Å². The summed E-state index contributed by atoms with van der Waals surface area (Å²) in [5.41, 5.74) is 1.05. The van der Waals surface area contributed by atoms with Gasteiger partial charge in [-0.3, -0.25) is 0 Å². The Labute approximate surface area is 177 Å². The van der Waals surface area contributed by atoms with E-state index in [1.165, 1.54) is 50.9 Å². The van der Waals surface area contributed by atoms with Gasteiger partial charge in [-0.1, -0.05) is 6.92 Å². The van der Waals surface area contributed by atoms with Crippen molar-refractivity contribution in [2.45, 2.75) is 13.3 Å². The van der Waals surface area contributed by atoms with Crippen molar-refractivity contribution in [2.75, 3.05) is 32.0 Å². The predicted octanol–water partition coefficient (Wildman–Crippen LogP) is 3.48. The molecule has 0 bridgehead atoms. The number of carbonyl (C=O) groups excluding carboxylic acids is 3. The van der Waals surface area contributed by atoms with Crippen LogP contribution >= 0.6 is 23.6 Å². The summed E-state index contributed by atoms with van der Waals surface area (Å²) in [5, 5.41) is 6.56. The molecule has 0 radical (unpaired) electrons. The van der Waals surface area contributed by atoms with Crippen molar-refractivity contribution >= 4 is 57.3 Å². The number of esters is 3. The molecule has 0 atom stereocenters. The van der Waals surface area contributed by atoms with Crippen LogP contribution in [-0.2, 0) is 20.6 Å². The molecule has 0 spiro atoms. The molecule has 2 N–H and O–H groups in total. The van der Waals surface area contributed by atoms with Crippen LogP contribution in [0.5, 0.6) is 0 Å². The number of methoxy groups -OCH3 is 3. The smallest absolute Gasteiger partial charge is 0.340 e. The zero-order valence-corrected chi connectivity index (χ0v) is 17.9. The van der Waals surface area contributed by atoms with Crippen molar-refractivity contribution < 1.29 is 28.6 Å². The minimum Gasteiger partial charge on any atom is -0.465 e. The topological polar surface area (TPSA) is 103 Å². The average molecular weight is 437 g/mol. The Morgan fingerprint density at radius 3 is 1.93 bits per heavy atom. The van der Waals surface area contributed by atoms with Crippen LogP contribution in [0.1, 0.15) is 42.9 Å². The number of benzene rings is 1.